The van der Waals surface area contributed by atoms with E-state index in [1.54, 1.807) is 0 Å². The molecule has 0 radical (unpaired) electrons. The molecule has 20 heavy (non-hydrogen) atoms. The maximum Gasteiger partial charge on any atom is 0.150 e. The third-order valence-corrected chi connectivity index (χ3v) is 2.78. The number of hydrogen-bond acceptors (Lipinski definition) is 1. The van der Waals surface area contributed by atoms with Crippen LogP contribution in [0.2, 0.25) is 0 Å². The molecule has 1 nitrogen and oxygen atoms in total. The molecule has 98 valence electrons. The van der Waals surface area contributed by atoms with Crippen molar-refractivity contribution in [1.82, 2.24) is 0 Å². The van der Waals surface area contributed by atoms with E-state index < -0.39 is 0 Å². The summed E-state index contributed by atoms with van der Waals surface area (Å²) < 4.78 is 0. The lowest BCUT2D eigenvalue weighted by atomic mass is 10.1. The van der Waals surface area contributed by atoms with Gasteiger partial charge in [0, 0.05) is 5.56 Å². The molecule has 1 heteroatoms. The highest BCUT2D eigenvalue weighted by Gasteiger charge is 1.88. The summed E-state index contributed by atoms with van der Waals surface area (Å²) in [5, 5.41) is 0. The van der Waals surface area contributed by atoms with E-state index in [9.17, 15) is 4.79 Å². The molecule has 2 aromatic carbocycles. The van der Waals surface area contributed by atoms with Crippen molar-refractivity contribution in [3.05, 3.63) is 95.6 Å². The Kier molecular flexibility index (Phi) is 5.29. The monoisotopic (exact) mass is 260 g/mol. The van der Waals surface area contributed by atoms with Crippen molar-refractivity contribution in [1.29, 1.82) is 0 Å². The first-order valence-electron chi connectivity index (χ1n) is 6.50. The predicted molar refractivity (Wildman–Crippen MR) is 85.5 cm³/mol. The Morgan fingerprint density at radius 2 is 1.05 bits per heavy atom. The zero-order valence-electron chi connectivity index (χ0n) is 11.1. The highest BCUT2D eigenvalue weighted by atomic mass is 16.1. The van der Waals surface area contributed by atoms with Crippen molar-refractivity contribution in [2.24, 2.45) is 0 Å². The Hall–Kier alpha value is -2.67. The smallest absolute Gasteiger partial charge is 0.150 e. The molecule has 0 heterocycles. The second-order valence-corrected chi connectivity index (χ2v) is 4.30. The highest BCUT2D eigenvalue weighted by molar-refractivity contribution is 5.75. The summed E-state index contributed by atoms with van der Waals surface area (Å²) >= 11 is 0. The van der Waals surface area contributed by atoms with Crippen LogP contribution in [0.3, 0.4) is 0 Å². The highest BCUT2D eigenvalue weighted by Crippen LogP contribution is 2.05. The predicted octanol–water partition coefficient (Wildman–Crippen LogP) is 4.78. The van der Waals surface area contributed by atoms with Gasteiger partial charge in [0.1, 0.15) is 6.29 Å². The molecule has 0 aliphatic carbocycles. The minimum absolute atomic E-state index is 0.698. The second-order valence-electron chi connectivity index (χ2n) is 4.30. The summed E-state index contributed by atoms with van der Waals surface area (Å²) in [4.78, 5) is 10.5. The SMILES string of the molecule is O=Cc1ccc(/C=C/C=C/C=C/c2ccccc2)cc1. The molecule has 2 aromatic rings. The summed E-state index contributed by atoms with van der Waals surface area (Å²) in [5.74, 6) is 0. The summed E-state index contributed by atoms with van der Waals surface area (Å²) in [6.45, 7) is 0. The molecule has 0 fully saturated rings. The fraction of sp³-hybridized carbons (Fsp3) is 0. The molecule has 0 saturated heterocycles. The van der Waals surface area contributed by atoms with Gasteiger partial charge in [0.05, 0.1) is 0 Å². The Morgan fingerprint density at radius 1 is 0.550 bits per heavy atom. The fourth-order valence-electron chi connectivity index (χ4n) is 1.71. The van der Waals surface area contributed by atoms with Gasteiger partial charge < -0.3 is 0 Å². The van der Waals surface area contributed by atoms with E-state index in [1.165, 1.54) is 5.56 Å². The first kappa shape index (κ1) is 13.8. The van der Waals surface area contributed by atoms with E-state index >= 15 is 0 Å². The quantitative estimate of drug-likeness (QED) is 0.558. The Morgan fingerprint density at radius 3 is 1.60 bits per heavy atom. The van der Waals surface area contributed by atoms with Crippen LogP contribution in [0.4, 0.5) is 0 Å². The summed E-state index contributed by atoms with van der Waals surface area (Å²) in [6.07, 6.45) is 12.9. The summed E-state index contributed by atoms with van der Waals surface area (Å²) in [6, 6.07) is 17.6. The Labute approximate surface area is 119 Å². The van der Waals surface area contributed by atoms with Gasteiger partial charge in [-0.15, -0.1) is 0 Å². The number of hydrogen-bond donors (Lipinski definition) is 0. The van der Waals surface area contributed by atoms with Crippen molar-refractivity contribution < 1.29 is 4.79 Å². The van der Waals surface area contributed by atoms with Crippen LogP contribution in [-0.4, -0.2) is 6.29 Å². The van der Waals surface area contributed by atoms with Gasteiger partial charge in [-0.25, -0.2) is 0 Å². The van der Waals surface area contributed by atoms with Gasteiger partial charge in [0.25, 0.3) is 0 Å². The van der Waals surface area contributed by atoms with Crippen LogP contribution in [0.25, 0.3) is 12.2 Å². The zero-order chi connectivity index (χ0) is 14.0. The van der Waals surface area contributed by atoms with Crippen molar-refractivity contribution in [3.8, 4) is 0 Å². The Bertz CT molecular complexity index is 617. The van der Waals surface area contributed by atoms with Crippen molar-refractivity contribution in [2.45, 2.75) is 0 Å². The number of rotatable bonds is 5. The molecule has 0 amide bonds. The van der Waals surface area contributed by atoms with Crippen molar-refractivity contribution in [2.75, 3.05) is 0 Å². The van der Waals surface area contributed by atoms with Gasteiger partial charge in [-0.1, -0.05) is 91.1 Å². The largest absolute Gasteiger partial charge is 0.298 e. The summed E-state index contributed by atoms with van der Waals surface area (Å²) in [5.41, 5.74) is 2.96. The molecule has 0 aliphatic heterocycles. The van der Waals surface area contributed by atoms with Crippen molar-refractivity contribution >= 4 is 18.4 Å². The third-order valence-electron chi connectivity index (χ3n) is 2.78. The molecule has 0 bridgehead atoms. The molecule has 0 atom stereocenters. The number of carbonyl (C=O) groups is 1. The minimum atomic E-state index is 0.698. The van der Waals surface area contributed by atoms with E-state index in [1.807, 2.05) is 72.8 Å². The first-order chi connectivity index (χ1) is 9.88. The first-order valence-corrected chi connectivity index (χ1v) is 6.50. The average Bonchev–Trinajstić information content (AvgIpc) is 2.52. The third kappa shape index (κ3) is 4.54. The van der Waals surface area contributed by atoms with E-state index in [-0.39, 0.29) is 0 Å². The topological polar surface area (TPSA) is 17.1 Å². The minimum Gasteiger partial charge on any atom is -0.298 e. The van der Waals surface area contributed by atoms with Gasteiger partial charge in [0.2, 0.25) is 0 Å². The average molecular weight is 260 g/mol. The zero-order valence-corrected chi connectivity index (χ0v) is 11.1. The molecule has 0 N–H and O–H groups in total. The molecule has 0 aromatic heterocycles. The van der Waals surface area contributed by atoms with E-state index in [0.29, 0.717) is 5.56 Å². The van der Waals surface area contributed by atoms with Crippen LogP contribution >= 0.6 is 0 Å². The molecule has 0 saturated carbocycles. The van der Waals surface area contributed by atoms with E-state index in [2.05, 4.69) is 18.2 Å². The molecule has 0 unspecified atom stereocenters. The van der Waals surface area contributed by atoms with Gasteiger partial charge in [0.15, 0.2) is 0 Å². The van der Waals surface area contributed by atoms with Gasteiger partial charge >= 0.3 is 0 Å². The maximum atomic E-state index is 10.5. The van der Waals surface area contributed by atoms with Crippen molar-refractivity contribution in [3.63, 3.8) is 0 Å². The van der Waals surface area contributed by atoms with Crippen LogP contribution < -0.4 is 0 Å². The second kappa shape index (κ2) is 7.70. The van der Waals surface area contributed by atoms with Crippen LogP contribution in [-0.2, 0) is 0 Å². The number of allylic oxidation sites excluding steroid dienone is 4. The van der Waals surface area contributed by atoms with Gasteiger partial charge in [-0.2, -0.15) is 0 Å². The van der Waals surface area contributed by atoms with E-state index in [4.69, 9.17) is 0 Å². The molecule has 0 spiro atoms. The van der Waals surface area contributed by atoms with Gasteiger partial charge in [-0.3, -0.25) is 4.79 Å². The van der Waals surface area contributed by atoms with Crippen LogP contribution in [0.5, 0.6) is 0 Å². The fourth-order valence-corrected chi connectivity index (χ4v) is 1.71. The lowest BCUT2D eigenvalue weighted by Gasteiger charge is -1.92. The molecule has 2 rings (SSSR count). The summed E-state index contributed by atoms with van der Waals surface area (Å²) in [7, 11) is 0. The normalized spacial score (nSPS) is 11.6. The Balaban J connectivity index is 1.87. The van der Waals surface area contributed by atoms with E-state index in [0.717, 1.165) is 11.8 Å². The number of carbonyl (C=O) groups excluding carboxylic acids is 1. The lowest BCUT2D eigenvalue weighted by Crippen LogP contribution is -1.78. The van der Waals surface area contributed by atoms with Crippen LogP contribution in [0.1, 0.15) is 21.5 Å². The maximum absolute atomic E-state index is 10.5. The molecular formula is C19H16O. The van der Waals surface area contributed by atoms with Crippen LogP contribution in [0, 0.1) is 0 Å². The molecule has 0 aliphatic rings. The number of benzene rings is 2. The standard InChI is InChI=1S/C19H16O/c20-16-19-14-12-18(13-15-19)11-5-2-1-4-8-17-9-6-3-7-10-17/h1-16H/b2-1+,8-4+,11-5+. The van der Waals surface area contributed by atoms with Crippen LogP contribution in [0.15, 0.2) is 78.9 Å². The lowest BCUT2D eigenvalue weighted by molar-refractivity contribution is 0.112. The van der Waals surface area contributed by atoms with Gasteiger partial charge in [-0.05, 0) is 11.1 Å². The number of aldehydes is 1. The molecular weight excluding hydrogens is 244 g/mol.